The van der Waals surface area contributed by atoms with E-state index in [9.17, 15) is 0 Å². The summed E-state index contributed by atoms with van der Waals surface area (Å²) in [7, 11) is 1.63. The number of nitrogens with one attached hydrogen (secondary N) is 2. The van der Waals surface area contributed by atoms with E-state index in [2.05, 4.69) is 41.3 Å². The van der Waals surface area contributed by atoms with Crippen LogP contribution in [-0.2, 0) is 6.54 Å². The molecule has 1 fully saturated rings. The Hall–Kier alpha value is -1.82. The molecule has 6 heteroatoms. The summed E-state index contributed by atoms with van der Waals surface area (Å²) < 4.78 is 5.17. The quantitative estimate of drug-likeness (QED) is 0.586. The molecular formula is C19H33N5O. The van der Waals surface area contributed by atoms with Gasteiger partial charge >= 0.3 is 0 Å². The summed E-state index contributed by atoms with van der Waals surface area (Å²) in [6.45, 7) is 11.4. The summed E-state index contributed by atoms with van der Waals surface area (Å²) in [6, 6.07) is 3.89. The monoisotopic (exact) mass is 347 g/mol. The van der Waals surface area contributed by atoms with Gasteiger partial charge in [0.05, 0.1) is 13.7 Å². The molecule has 25 heavy (non-hydrogen) atoms. The molecule has 2 rings (SSSR count). The third-order valence-electron chi connectivity index (χ3n) is 4.67. The third kappa shape index (κ3) is 6.20. The van der Waals surface area contributed by atoms with Crippen molar-refractivity contribution in [2.75, 3.05) is 33.3 Å². The van der Waals surface area contributed by atoms with E-state index in [0.717, 1.165) is 24.6 Å². The molecule has 6 nitrogen and oxygen atoms in total. The van der Waals surface area contributed by atoms with Crippen molar-refractivity contribution >= 4 is 5.96 Å². The summed E-state index contributed by atoms with van der Waals surface area (Å²) in [4.78, 5) is 11.4. The molecule has 0 spiro atoms. The van der Waals surface area contributed by atoms with Crippen LogP contribution in [-0.4, -0.2) is 54.7 Å². The first kappa shape index (κ1) is 19.5. The average Bonchev–Trinajstić information content (AvgIpc) is 2.65. The van der Waals surface area contributed by atoms with Gasteiger partial charge in [-0.05, 0) is 58.3 Å². The highest BCUT2D eigenvalue weighted by molar-refractivity contribution is 5.79. The van der Waals surface area contributed by atoms with Crippen LogP contribution in [0.4, 0.5) is 0 Å². The summed E-state index contributed by atoms with van der Waals surface area (Å²) >= 11 is 0. The molecule has 0 aromatic carbocycles. The van der Waals surface area contributed by atoms with E-state index in [1.807, 2.05) is 12.1 Å². The maximum Gasteiger partial charge on any atom is 0.213 e. The van der Waals surface area contributed by atoms with Crippen molar-refractivity contribution in [1.82, 2.24) is 20.5 Å². The molecule has 0 aliphatic carbocycles. The van der Waals surface area contributed by atoms with Gasteiger partial charge < -0.3 is 15.4 Å². The highest BCUT2D eigenvalue weighted by Crippen LogP contribution is 2.19. The number of likely N-dealkylation sites (tertiary alicyclic amines) is 1. The Bertz CT molecular complexity index is 553. The van der Waals surface area contributed by atoms with Gasteiger partial charge in [-0.1, -0.05) is 6.42 Å². The topological polar surface area (TPSA) is 61.8 Å². The van der Waals surface area contributed by atoms with Crippen LogP contribution in [0, 0.1) is 0 Å². The third-order valence-corrected chi connectivity index (χ3v) is 4.67. The van der Waals surface area contributed by atoms with E-state index in [1.54, 1.807) is 13.3 Å². The highest BCUT2D eigenvalue weighted by atomic mass is 16.5. The molecule has 1 aliphatic rings. The fourth-order valence-electron chi connectivity index (χ4n) is 3.08. The zero-order valence-corrected chi connectivity index (χ0v) is 16.1. The van der Waals surface area contributed by atoms with Crippen molar-refractivity contribution in [1.29, 1.82) is 0 Å². The van der Waals surface area contributed by atoms with Crippen LogP contribution in [0.2, 0.25) is 0 Å². The number of pyridine rings is 1. The smallest absolute Gasteiger partial charge is 0.213 e. The van der Waals surface area contributed by atoms with Gasteiger partial charge in [0.1, 0.15) is 0 Å². The van der Waals surface area contributed by atoms with Crippen molar-refractivity contribution in [3.8, 4) is 5.88 Å². The van der Waals surface area contributed by atoms with E-state index in [1.165, 1.54) is 32.4 Å². The van der Waals surface area contributed by atoms with Gasteiger partial charge in [-0.25, -0.2) is 9.98 Å². The maximum atomic E-state index is 5.17. The summed E-state index contributed by atoms with van der Waals surface area (Å²) in [6.07, 6.45) is 5.73. The minimum Gasteiger partial charge on any atom is -0.481 e. The number of methoxy groups -OCH3 is 1. The fourth-order valence-corrected chi connectivity index (χ4v) is 3.08. The zero-order chi connectivity index (χ0) is 18.1. The Labute approximate surface area is 152 Å². The predicted molar refractivity (Wildman–Crippen MR) is 103 cm³/mol. The van der Waals surface area contributed by atoms with Crippen LogP contribution in [0.25, 0.3) is 0 Å². The standard InChI is InChI=1S/C19H33N5O/c1-5-20-18(22-14-16-9-10-21-17(13-16)25-4)23-15-19(2,3)24-11-7-6-8-12-24/h9-10,13H,5-8,11-12,14-15H2,1-4H3,(H2,20,22,23). The molecule has 1 aromatic rings. The lowest BCUT2D eigenvalue weighted by molar-refractivity contribution is 0.0982. The van der Waals surface area contributed by atoms with Gasteiger partial charge in [-0.15, -0.1) is 0 Å². The molecular weight excluding hydrogens is 314 g/mol. The fraction of sp³-hybridized carbons (Fsp3) is 0.684. The molecule has 0 unspecified atom stereocenters. The van der Waals surface area contributed by atoms with Gasteiger partial charge in [0.15, 0.2) is 5.96 Å². The number of ether oxygens (including phenoxy) is 1. The minimum atomic E-state index is 0.122. The number of rotatable bonds is 7. The predicted octanol–water partition coefficient (Wildman–Crippen LogP) is 2.41. The number of guanidine groups is 1. The number of aromatic nitrogens is 1. The Morgan fingerprint density at radius 2 is 2.04 bits per heavy atom. The molecule has 140 valence electrons. The molecule has 1 aromatic heterocycles. The SMILES string of the molecule is CCNC(=NCc1ccnc(OC)c1)NCC(C)(C)N1CCCCC1. The number of aliphatic imine (C=N–C) groups is 1. The molecule has 0 radical (unpaired) electrons. The Balaban J connectivity index is 1.94. The van der Waals surface area contributed by atoms with Gasteiger partial charge in [0, 0.05) is 30.9 Å². The number of hydrogen-bond donors (Lipinski definition) is 2. The highest BCUT2D eigenvalue weighted by Gasteiger charge is 2.27. The first-order valence-electron chi connectivity index (χ1n) is 9.31. The van der Waals surface area contributed by atoms with Gasteiger partial charge in [0.25, 0.3) is 0 Å². The molecule has 0 amide bonds. The second-order valence-corrected chi connectivity index (χ2v) is 7.12. The van der Waals surface area contributed by atoms with Crippen LogP contribution in [0.5, 0.6) is 5.88 Å². The molecule has 1 aliphatic heterocycles. The lowest BCUT2D eigenvalue weighted by Gasteiger charge is -2.41. The van der Waals surface area contributed by atoms with Crippen molar-refractivity contribution in [3.05, 3.63) is 23.9 Å². The van der Waals surface area contributed by atoms with Gasteiger partial charge in [-0.3, -0.25) is 4.90 Å². The van der Waals surface area contributed by atoms with Crippen molar-refractivity contribution in [2.24, 2.45) is 4.99 Å². The average molecular weight is 348 g/mol. The number of hydrogen-bond acceptors (Lipinski definition) is 4. The second-order valence-electron chi connectivity index (χ2n) is 7.12. The maximum absolute atomic E-state index is 5.17. The van der Waals surface area contributed by atoms with Crippen LogP contribution in [0.1, 0.15) is 45.6 Å². The zero-order valence-electron chi connectivity index (χ0n) is 16.1. The lowest BCUT2D eigenvalue weighted by atomic mass is 9.98. The Kier molecular flexibility index (Phi) is 7.50. The van der Waals surface area contributed by atoms with E-state index in [0.29, 0.717) is 12.4 Å². The largest absolute Gasteiger partial charge is 0.481 e. The van der Waals surface area contributed by atoms with Crippen LogP contribution >= 0.6 is 0 Å². The molecule has 0 saturated carbocycles. The molecule has 0 atom stereocenters. The first-order valence-corrected chi connectivity index (χ1v) is 9.31. The molecule has 0 bridgehead atoms. The summed E-state index contributed by atoms with van der Waals surface area (Å²) in [5.41, 5.74) is 1.20. The normalized spacial score (nSPS) is 16.6. The Morgan fingerprint density at radius 3 is 2.72 bits per heavy atom. The van der Waals surface area contributed by atoms with Gasteiger partial charge in [-0.2, -0.15) is 0 Å². The molecule has 2 N–H and O–H groups in total. The van der Waals surface area contributed by atoms with Crippen LogP contribution in [0.15, 0.2) is 23.3 Å². The first-order chi connectivity index (χ1) is 12.0. The van der Waals surface area contributed by atoms with Crippen LogP contribution in [0.3, 0.4) is 0 Å². The van der Waals surface area contributed by atoms with E-state index in [4.69, 9.17) is 9.73 Å². The molecule has 2 heterocycles. The van der Waals surface area contributed by atoms with E-state index < -0.39 is 0 Å². The number of nitrogens with zero attached hydrogens (tertiary/aromatic N) is 3. The van der Waals surface area contributed by atoms with Crippen molar-refractivity contribution in [2.45, 2.75) is 52.1 Å². The second kappa shape index (κ2) is 9.61. The molecule has 1 saturated heterocycles. The van der Waals surface area contributed by atoms with Crippen molar-refractivity contribution < 1.29 is 4.74 Å². The van der Waals surface area contributed by atoms with Gasteiger partial charge in [0.2, 0.25) is 5.88 Å². The van der Waals surface area contributed by atoms with E-state index in [-0.39, 0.29) is 5.54 Å². The van der Waals surface area contributed by atoms with E-state index >= 15 is 0 Å². The van der Waals surface area contributed by atoms with Crippen LogP contribution < -0.4 is 15.4 Å². The number of piperidine rings is 1. The summed E-state index contributed by atoms with van der Waals surface area (Å²) in [5.74, 6) is 1.47. The lowest BCUT2D eigenvalue weighted by Crippen LogP contribution is -2.54. The minimum absolute atomic E-state index is 0.122. The summed E-state index contributed by atoms with van der Waals surface area (Å²) in [5, 5.41) is 6.84. The Morgan fingerprint density at radius 1 is 1.28 bits per heavy atom. The van der Waals surface area contributed by atoms with Crippen molar-refractivity contribution in [3.63, 3.8) is 0 Å².